The highest BCUT2D eigenvalue weighted by Gasteiger charge is 2.39. The fraction of sp³-hybridized carbons (Fsp3) is 0.714. The van der Waals surface area contributed by atoms with E-state index in [9.17, 15) is 4.79 Å². The van der Waals surface area contributed by atoms with E-state index in [1.165, 1.54) is 18.4 Å². The van der Waals surface area contributed by atoms with Gasteiger partial charge in [-0.15, -0.1) is 0 Å². The highest BCUT2D eigenvalue weighted by molar-refractivity contribution is 5.89. The number of rotatable bonds is 5. The molecule has 1 aliphatic heterocycles. The van der Waals surface area contributed by atoms with Gasteiger partial charge < -0.3 is 4.74 Å². The zero-order chi connectivity index (χ0) is 18.7. The average molecular weight is 360 g/mol. The highest BCUT2D eigenvalue weighted by atomic mass is 16.6. The quantitative estimate of drug-likeness (QED) is 0.748. The van der Waals surface area contributed by atoms with E-state index in [-0.39, 0.29) is 12.1 Å². The lowest BCUT2D eigenvalue weighted by Gasteiger charge is -2.37. The van der Waals surface area contributed by atoms with Crippen LogP contribution in [0, 0.1) is 0 Å². The molecule has 0 spiro atoms. The number of carbonyl (C=O) groups excluding carboxylic acids is 1. The van der Waals surface area contributed by atoms with Crippen LogP contribution in [0.2, 0.25) is 0 Å². The summed E-state index contributed by atoms with van der Waals surface area (Å²) in [5.74, 6) is 0.803. The van der Waals surface area contributed by atoms with Crippen LogP contribution in [0.25, 0.3) is 0 Å². The van der Waals surface area contributed by atoms with Gasteiger partial charge in [0, 0.05) is 23.8 Å². The van der Waals surface area contributed by atoms with Crippen molar-refractivity contribution in [1.82, 2.24) is 9.88 Å². The Balaban J connectivity index is 1.92. The number of anilines is 1. The second-order valence-electron chi connectivity index (χ2n) is 8.55. The lowest BCUT2D eigenvalue weighted by molar-refractivity contribution is 0.0575. The SMILES string of the molecule is CCCN1CCCCC1c1cccnc1N(C(=O)OC(C)(C)C)C1CC1. The van der Waals surface area contributed by atoms with E-state index in [1.54, 1.807) is 6.20 Å². The molecule has 3 rings (SSSR count). The van der Waals surface area contributed by atoms with Crippen LogP contribution in [-0.4, -0.2) is 40.7 Å². The Morgan fingerprint density at radius 2 is 2.08 bits per heavy atom. The van der Waals surface area contributed by atoms with Crippen LogP contribution >= 0.6 is 0 Å². The minimum absolute atomic E-state index is 0.224. The van der Waals surface area contributed by atoms with Crippen LogP contribution in [0.4, 0.5) is 10.6 Å². The summed E-state index contributed by atoms with van der Waals surface area (Å²) in [6.07, 6.45) is 8.34. The number of piperidine rings is 1. The van der Waals surface area contributed by atoms with Crippen molar-refractivity contribution >= 4 is 11.9 Å². The molecule has 1 saturated heterocycles. The average Bonchev–Trinajstić information content (AvgIpc) is 3.40. The van der Waals surface area contributed by atoms with Crippen molar-refractivity contribution in [2.75, 3.05) is 18.0 Å². The molecule has 5 nitrogen and oxygen atoms in total. The molecular weight excluding hydrogens is 326 g/mol. The zero-order valence-corrected chi connectivity index (χ0v) is 16.7. The summed E-state index contributed by atoms with van der Waals surface area (Å²) < 4.78 is 5.71. The van der Waals surface area contributed by atoms with Gasteiger partial charge in [0.2, 0.25) is 0 Å². The number of amides is 1. The van der Waals surface area contributed by atoms with Crippen molar-refractivity contribution < 1.29 is 9.53 Å². The van der Waals surface area contributed by atoms with Crippen LogP contribution in [0.3, 0.4) is 0 Å². The van der Waals surface area contributed by atoms with E-state index in [4.69, 9.17) is 4.74 Å². The predicted molar refractivity (Wildman–Crippen MR) is 104 cm³/mol. The van der Waals surface area contributed by atoms with Crippen molar-refractivity contribution in [3.05, 3.63) is 23.9 Å². The molecule has 1 atom stereocenters. The molecule has 144 valence electrons. The third-order valence-electron chi connectivity index (χ3n) is 5.03. The van der Waals surface area contributed by atoms with E-state index in [0.717, 1.165) is 44.6 Å². The molecular formula is C21H33N3O2. The molecule has 1 saturated carbocycles. The summed E-state index contributed by atoms with van der Waals surface area (Å²) in [5, 5.41) is 0. The van der Waals surface area contributed by atoms with Gasteiger partial charge in [-0.3, -0.25) is 9.80 Å². The van der Waals surface area contributed by atoms with Gasteiger partial charge in [-0.1, -0.05) is 19.4 Å². The summed E-state index contributed by atoms with van der Waals surface area (Å²) in [6, 6.07) is 4.72. The maximum absolute atomic E-state index is 12.9. The lowest BCUT2D eigenvalue weighted by atomic mass is 9.95. The number of carbonyl (C=O) groups is 1. The minimum Gasteiger partial charge on any atom is -0.443 e. The van der Waals surface area contributed by atoms with Gasteiger partial charge in [0.05, 0.1) is 0 Å². The van der Waals surface area contributed by atoms with Crippen molar-refractivity contribution in [1.29, 1.82) is 0 Å². The summed E-state index contributed by atoms with van der Waals surface area (Å²) >= 11 is 0. The third kappa shape index (κ3) is 4.56. The number of hydrogen-bond donors (Lipinski definition) is 0. The van der Waals surface area contributed by atoms with Gasteiger partial charge >= 0.3 is 6.09 Å². The fourth-order valence-corrected chi connectivity index (χ4v) is 3.82. The Labute approximate surface area is 157 Å². The molecule has 0 radical (unpaired) electrons. The normalized spacial score (nSPS) is 21.5. The molecule has 1 aromatic rings. The van der Waals surface area contributed by atoms with E-state index in [1.807, 2.05) is 31.7 Å². The number of ether oxygens (including phenoxy) is 1. The molecule has 5 heteroatoms. The Hall–Kier alpha value is -1.62. The molecule has 1 unspecified atom stereocenters. The first kappa shape index (κ1) is 19.2. The number of pyridine rings is 1. The summed E-state index contributed by atoms with van der Waals surface area (Å²) in [7, 11) is 0. The summed E-state index contributed by atoms with van der Waals surface area (Å²) in [4.78, 5) is 22.0. The van der Waals surface area contributed by atoms with Crippen molar-refractivity contribution in [2.24, 2.45) is 0 Å². The van der Waals surface area contributed by atoms with Gasteiger partial charge in [-0.05, 0) is 72.0 Å². The van der Waals surface area contributed by atoms with E-state index >= 15 is 0 Å². The Morgan fingerprint density at radius 1 is 1.31 bits per heavy atom. The molecule has 2 heterocycles. The molecule has 0 aromatic carbocycles. The molecule has 0 N–H and O–H groups in total. The van der Waals surface area contributed by atoms with Crippen molar-refractivity contribution in [3.63, 3.8) is 0 Å². The van der Waals surface area contributed by atoms with Crippen LogP contribution in [0.5, 0.6) is 0 Å². The third-order valence-corrected chi connectivity index (χ3v) is 5.03. The Bertz CT molecular complexity index is 620. The number of nitrogens with zero attached hydrogens (tertiary/aromatic N) is 3. The van der Waals surface area contributed by atoms with Gasteiger partial charge in [-0.2, -0.15) is 0 Å². The fourth-order valence-electron chi connectivity index (χ4n) is 3.82. The topological polar surface area (TPSA) is 45.7 Å². The van der Waals surface area contributed by atoms with Crippen molar-refractivity contribution in [2.45, 2.75) is 83.9 Å². The summed E-state index contributed by atoms with van der Waals surface area (Å²) in [6.45, 7) is 10.2. The van der Waals surface area contributed by atoms with Crippen LogP contribution in [0.1, 0.15) is 77.8 Å². The maximum Gasteiger partial charge on any atom is 0.416 e. The first-order chi connectivity index (χ1) is 12.4. The smallest absolute Gasteiger partial charge is 0.416 e. The molecule has 1 aromatic heterocycles. The van der Waals surface area contributed by atoms with Crippen LogP contribution in [0.15, 0.2) is 18.3 Å². The van der Waals surface area contributed by atoms with Gasteiger partial charge in [0.1, 0.15) is 11.4 Å². The number of aromatic nitrogens is 1. The largest absolute Gasteiger partial charge is 0.443 e. The monoisotopic (exact) mass is 359 g/mol. The lowest BCUT2D eigenvalue weighted by Crippen LogP contribution is -2.41. The Kier molecular flexibility index (Phi) is 5.86. The molecule has 1 amide bonds. The van der Waals surface area contributed by atoms with E-state index < -0.39 is 5.60 Å². The molecule has 26 heavy (non-hydrogen) atoms. The van der Waals surface area contributed by atoms with E-state index in [2.05, 4.69) is 22.9 Å². The van der Waals surface area contributed by atoms with Gasteiger partial charge in [0.25, 0.3) is 0 Å². The summed E-state index contributed by atoms with van der Waals surface area (Å²) in [5.41, 5.74) is 0.677. The Morgan fingerprint density at radius 3 is 2.73 bits per heavy atom. The second-order valence-corrected chi connectivity index (χ2v) is 8.55. The molecule has 0 bridgehead atoms. The second kappa shape index (κ2) is 7.95. The first-order valence-corrected chi connectivity index (χ1v) is 10.1. The number of hydrogen-bond acceptors (Lipinski definition) is 4. The number of likely N-dealkylation sites (tertiary alicyclic amines) is 1. The van der Waals surface area contributed by atoms with Gasteiger partial charge in [0.15, 0.2) is 0 Å². The maximum atomic E-state index is 12.9. The molecule has 2 aliphatic rings. The minimum atomic E-state index is -0.502. The molecule has 2 fully saturated rings. The zero-order valence-electron chi connectivity index (χ0n) is 16.7. The van der Waals surface area contributed by atoms with Crippen LogP contribution in [-0.2, 0) is 4.74 Å². The van der Waals surface area contributed by atoms with Crippen molar-refractivity contribution in [3.8, 4) is 0 Å². The highest BCUT2D eigenvalue weighted by Crippen LogP contribution is 2.39. The predicted octanol–water partition coefficient (Wildman–Crippen LogP) is 4.92. The van der Waals surface area contributed by atoms with Crippen LogP contribution < -0.4 is 4.90 Å². The van der Waals surface area contributed by atoms with Gasteiger partial charge in [-0.25, -0.2) is 9.78 Å². The van der Waals surface area contributed by atoms with E-state index in [0.29, 0.717) is 6.04 Å². The first-order valence-electron chi connectivity index (χ1n) is 10.1. The molecule has 1 aliphatic carbocycles. The standard InChI is InChI=1S/C21H33N3O2/c1-5-14-23-15-7-6-10-18(23)17-9-8-13-22-19(17)24(16-11-12-16)20(25)26-21(2,3)4/h8-9,13,16,18H,5-7,10-12,14-15H2,1-4H3.